The summed E-state index contributed by atoms with van der Waals surface area (Å²) in [4.78, 5) is 2.33. The Labute approximate surface area is 96.6 Å². The summed E-state index contributed by atoms with van der Waals surface area (Å²) in [5.74, 6) is 0. The number of hydrogen-bond acceptors (Lipinski definition) is 3. The molecule has 3 heteroatoms. The summed E-state index contributed by atoms with van der Waals surface area (Å²) < 4.78 is 5.59. The zero-order chi connectivity index (χ0) is 11.4. The molecule has 0 radical (unpaired) electrons. The van der Waals surface area contributed by atoms with Crippen LogP contribution in [0.1, 0.15) is 12.5 Å². The van der Waals surface area contributed by atoms with E-state index < -0.39 is 5.60 Å². The van der Waals surface area contributed by atoms with Gasteiger partial charge >= 0.3 is 0 Å². The van der Waals surface area contributed by atoms with Crippen LogP contribution in [0, 0.1) is 0 Å². The molecular formula is C13H19NO2. The molecular weight excluding hydrogens is 202 g/mol. The van der Waals surface area contributed by atoms with Gasteiger partial charge in [-0.15, -0.1) is 0 Å². The molecule has 1 aromatic rings. The van der Waals surface area contributed by atoms with Gasteiger partial charge in [0.1, 0.15) is 5.60 Å². The molecule has 0 bridgehead atoms. The van der Waals surface area contributed by atoms with Crippen LogP contribution in [-0.4, -0.2) is 41.9 Å². The lowest BCUT2D eigenvalue weighted by Crippen LogP contribution is -2.51. The van der Waals surface area contributed by atoms with Gasteiger partial charge in [0.25, 0.3) is 0 Å². The first-order chi connectivity index (χ1) is 7.72. The topological polar surface area (TPSA) is 32.7 Å². The van der Waals surface area contributed by atoms with Crippen LogP contribution in [0.2, 0.25) is 0 Å². The Morgan fingerprint density at radius 1 is 1.38 bits per heavy atom. The molecule has 0 aromatic heterocycles. The third-order valence-electron chi connectivity index (χ3n) is 3.00. The van der Waals surface area contributed by atoms with E-state index in [1.165, 1.54) is 5.56 Å². The van der Waals surface area contributed by atoms with Crippen molar-refractivity contribution in [2.24, 2.45) is 0 Å². The number of nitrogens with zero attached hydrogens (tertiary/aromatic N) is 1. The van der Waals surface area contributed by atoms with E-state index in [-0.39, 0.29) is 6.61 Å². The van der Waals surface area contributed by atoms with Crippen LogP contribution >= 0.6 is 0 Å². The van der Waals surface area contributed by atoms with Crippen LogP contribution in [-0.2, 0) is 11.3 Å². The van der Waals surface area contributed by atoms with Crippen LogP contribution in [0.4, 0.5) is 0 Å². The molecule has 1 aromatic carbocycles. The second-order valence-electron chi connectivity index (χ2n) is 4.65. The molecule has 1 fully saturated rings. The number of hydrogen-bond donors (Lipinski definition) is 1. The first kappa shape index (κ1) is 11.6. The third kappa shape index (κ3) is 2.82. The Balaban J connectivity index is 1.96. The van der Waals surface area contributed by atoms with Gasteiger partial charge in [-0.05, 0) is 12.5 Å². The third-order valence-corrected chi connectivity index (χ3v) is 3.00. The van der Waals surface area contributed by atoms with Gasteiger partial charge in [-0.3, -0.25) is 4.90 Å². The van der Waals surface area contributed by atoms with Crippen molar-refractivity contribution in [3.8, 4) is 0 Å². The fourth-order valence-corrected chi connectivity index (χ4v) is 2.09. The Kier molecular flexibility index (Phi) is 3.59. The van der Waals surface area contributed by atoms with Gasteiger partial charge in [0.05, 0.1) is 13.2 Å². The minimum absolute atomic E-state index is 0.0816. The minimum atomic E-state index is -0.396. The minimum Gasteiger partial charge on any atom is -0.393 e. The van der Waals surface area contributed by atoms with Gasteiger partial charge in [-0.25, -0.2) is 0 Å². The van der Waals surface area contributed by atoms with Crippen LogP contribution in [0.5, 0.6) is 0 Å². The van der Waals surface area contributed by atoms with E-state index >= 15 is 0 Å². The predicted molar refractivity (Wildman–Crippen MR) is 63.2 cm³/mol. The first-order valence-corrected chi connectivity index (χ1v) is 5.73. The largest absolute Gasteiger partial charge is 0.393 e. The average Bonchev–Trinajstić information content (AvgIpc) is 2.30. The van der Waals surface area contributed by atoms with Gasteiger partial charge in [0, 0.05) is 19.6 Å². The Morgan fingerprint density at radius 2 is 2.12 bits per heavy atom. The molecule has 1 N–H and O–H groups in total. The molecule has 88 valence electrons. The summed E-state index contributed by atoms with van der Waals surface area (Å²) in [6.07, 6.45) is 0. The van der Waals surface area contributed by atoms with Gasteiger partial charge in [-0.1, -0.05) is 30.3 Å². The van der Waals surface area contributed by atoms with Crippen molar-refractivity contribution in [1.82, 2.24) is 4.90 Å². The lowest BCUT2D eigenvalue weighted by atomic mass is 10.1. The lowest BCUT2D eigenvalue weighted by molar-refractivity contribution is -0.123. The van der Waals surface area contributed by atoms with E-state index in [1.54, 1.807) is 0 Å². The highest BCUT2D eigenvalue weighted by Gasteiger charge is 2.31. The van der Waals surface area contributed by atoms with Crippen molar-refractivity contribution in [3.05, 3.63) is 35.9 Å². The van der Waals surface area contributed by atoms with E-state index in [9.17, 15) is 5.11 Å². The second-order valence-corrected chi connectivity index (χ2v) is 4.65. The second kappa shape index (κ2) is 4.95. The van der Waals surface area contributed by atoms with Gasteiger partial charge in [-0.2, -0.15) is 0 Å². The van der Waals surface area contributed by atoms with Crippen molar-refractivity contribution < 1.29 is 9.84 Å². The monoisotopic (exact) mass is 221 g/mol. The zero-order valence-electron chi connectivity index (χ0n) is 9.72. The lowest BCUT2D eigenvalue weighted by Gasteiger charge is -2.39. The summed E-state index contributed by atoms with van der Waals surface area (Å²) in [7, 11) is 0. The van der Waals surface area contributed by atoms with Crippen molar-refractivity contribution >= 4 is 0 Å². The molecule has 1 saturated heterocycles. The maximum absolute atomic E-state index is 9.28. The van der Waals surface area contributed by atoms with Gasteiger partial charge in [0.2, 0.25) is 0 Å². The maximum Gasteiger partial charge on any atom is 0.101 e. The summed E-state index contributed by atoms with van der Waals surface area (Å²) in [5.41, 5.74) is 0.914. The van der Waals surface area contributed by atoms with E-state index in [1.807, 2.05) is 13.0 Å². The molecule has 0 amide bonds. The van der Waals surface area contributed by atoms with Crippen LogP contribution < -0.4 is 0 Å². The highest BCUT2D eigenvalue weighted by molar-refractivity contribution is 5.14. The molecule has 2 rings (SSSR count). The van der Waals surface area contributed by atoms with E-state index in [2.05, 4.69) is 29.2 Å². The smallest absolute Gasteiger partial charge is 0.101 e. The molecule has 16 heavy (non-hydrogen) atoms. The Bertz CT molecular complexity index is 328. The standard InChI is InChI=1S/C13H19NO2/c1-13(11-15)10-14(7-8-16-13)9-12-5-3-2-4-6-12/h2-6,15H,7-11H2,1H3/t13-/m0/s1. The maximum atomic E-state index is 9.28. The number of aliphatic hydroxyl groups excluding tert-OH is 1. The van der Waals surface area contributed by atoms with Crippen molar-refractivity contribution in [1.29, 1.82) is 0 Å². The van der Waals surface area contributed by atoms with Gasteiger partial charge < -0.3 is 9.84 Å². The SMILES string of the molecule is C[C@@]1(CO)CN(Cc2ccccc2)CCO1. The number of morpholine rings is 1. The Morgan fingerprint density at radius 3 is 2.81 bits per heavy atom. The van der Waals surface area contributed by atoms with Crippen LogP contribution in [0.15, 0.2) is 30.3 Å². The molecule has 0 unspecified atom stereocenters. The molecule has 0 spiro atoms. The fourth-order valence-electron chi connectivity index (χ4n) is 2.09. The predicted octanol–water partition coefficient (Wildman–Crippen LogP) is 1.27. The number of rotatable bonds is 3. The number of ether oxygens (including phenoxy) is 1. The molecule has 1 aliphatic heterocycles. The number of benzene rings is 1. The van der Waals surface area contributed by atoms with Crippen molar-refractivity contribution in [3.63, 3.8) is 0 Å². The van der Waals surface area contributed by atoms with Crippen molar-refractivity contribution in [2.45, 2.75) is 19.1 Å². The summed E-state index contributed by atoms with van der Waals surface area (Å²) in [6.45, 7) is 5.40. The van der Waals surface area contributed by atoms with E-state index in [0.717, 1.165) is 19.6 Å². The Hall–Kier alpha value is -0.900. The first-order valence-electron chi connectivity index (χ1n) is 5.73. The summed E-state index contributed by atoms with van der Waals surface area (Å²) >= 11 is 0. The molecule has 0 saturated carbocycles. The normalized spacial score (nSPS) is 26.9. The number of aliphatic hydroxyl groups is 1. The molecule has 1 aliphatic rings. The molecule has 1 heterocycles. The highest BCUT2D eigenvalue weighted by Crippen LogP contribution is 2.18. The molecule has 1 atom stereocenters. The van der Waals surface area contributed by atoms with Gasteiger partial charge in [0.15, 0.2) is 0 Å². The fraction of sp³-hybridized carbons (Fsp3) is 0.538. The van der Waals surface area contributed by atoms with Crippen LogP contribution in [0.3, 0.4) is 0 Å². The quantitative estimate of drug-likeness (QED) is 0.834. The van der Waals surface area contributed by atoms with E-state index in [0.29, 0.717) is 6.61 Å². The van der Waals surface area contributed by atoms with Crippen LogP contribution in [0.25, 0.3) is 0 Å². The average molecular weight is 221 g/mol. The zero-order valence-corrected chi connectivity index (χ0v) is 9.72. The molecule has 0 aliphatic carbocycles. The molecule has 3 nitrogen and oxygen atoms in total. The summed E-state index contributed by atoms with van der Waals surface area (Å²) in [6, 6.07) is 10.4. The highest BCUT2D eigenvalue weighted by atomic mass is 16.5. The summed E-state index contributed by atoms with van der Waals surface area (Å²) in [5, 5.41) is 9.28. The van der Waals surface area contributed by atoms with Crippen molar-refractivity contribution in [2.75, 3.05) is 26.3 Å². The van der Waals surface area contributed by atoms with E-state index in [4.69, 9.17) is 4.74 Å².